The first-order chi connectivity index (χ1) is 15.9. The number of nitrogens with zero attached hydrogens (tertiary/aromatic N) is 2. The van der Waals surface area contributed by atoms with Crippen LogP contribution in [0.1, 0.15) is 80.9 Å². The van der Waals surface area contributed by atoms with Crippen LogP contribution < -0.4 is 0 Å². The van der Waals surface area contributed by atoms with E-state index in [0.717, 1.165) is 31.2 Å². The normalized spacial score (nSPS) is 23.8. The first kappa shape index (κ1) is 24.7. The second-order valence-electron chi connectivity index (χ2n) is 10.5. The molecule has 1 aliphatic heterocycles. The van der Waals surface area contributed by atoms with Crippen LogP contribution in [0.3, 0.4) is 0 Å². The number of carboxylic acids is 1. The Hall–Kier alpha value is -2.37. The van der Waals surface area contributed by atoms with Gasteiger partial charge in [0.2, 0.25) is 0 Å². The highest BCUT2D eigenvalue weighted by atomic mass is 35.5. The van der Waals surface area contributed by atoms with Gasteiger partial charge in [0.25, 0.3) is 5.91 Å². The summed E-state index contributed by atoms with van der Waals surface area (Å²) < 4.78 is 0. The molecule has 2 aromatic rings. The topological polar surface area (TPSA) is 70.0 Å². The highest BCUT2D eigenvalue weighted by molar-refractivity contribution is 6.47. The molecular weight excluding hydrogens is 471 g/mol. The van der Waals surface area contributed by atoms with Crippen molar-refractivity contribution >= 4 is 40.8 Å². The highest BCUT2D eigenvalue weighted by Crippen LogP contribution is 2.49. The summed E-state index contributed by atoms with van der Waals surface area (Å²) in [7, 11) is 0. The molecule has 1 N–H and O–H groups in total. The van der Waals surface area contributed by atoms with Gasteiger partial charge in [-0.25, -0.2) is 4.79 Å². The zero-order valence-corrected chi connectivity index (χ0v) is 21.5. The summed E-state index contributed by atoms with van der Waals surface area (Å²) >= 11 is 12.5. The van der Waals surface area contributed by atoms with Gasteiger partial charge in [-0.3, -0.25) is 9.79 Å². The standard InChI is InChI=1S/C27H30Cl2N2O3/c1-16(17-5-7-18(8-6-17)25(33)34)31-24(32)23(19-13-21(28)15-22(29)14-19)30-27(31)11-9-20(10-12-27)26(2,3)4/h5-8,13-16,20H,9-12H2,1-4H3,(H,33,34). The molecule has 4 rings (SSSR count). The Bertz CT molecular complexity index is 1120. The predicted molar refractivity (Wildman–Crippen MR) is 136 cm³/mol. The van der Waals surface area contributed by atoms with Crippen LogP contribution in [-0.4, -0.2) is 33.3 Å². The first-order valence-corrected chi connectivity index (χ1v) is 12.4. The lowest BCUT2D eigenvalue weighted by Crippen LogP contribution is -2.50. The van der Waals surface area contributed by atoms with Crippen molar-refractivity contribution in [2.75, 3.05) is 0 Å². The highest BCUT2D eigenvalue weighted by Gasteiger charge is 2.52. The van der Waals surface area contributed by atoms with Gasteiger partial charge in [-0.1, -0.05) is 56.1 Å². The molecule has 1 fully saturated rings. The van der Waals surface area contributed by atoms with Crippen LogP contribution in [0.15, 0.2) is 47.5 Å². The van der Waals surface area contributed by atoms with E-state index in [9.17, 15) is 14.7 Å². The third-order valence-electron chi connectivity index (χ3n) is 7.36. The molecule has 0 saturated heterocycles. The molecule has 180 valence electrons. The van der Waals surface area contributed by atoms with Crippen molar-refractivity contribution in [2.45, 2.75) is 65.1 Å². The molecule has 1 unspecified atom stereocenters. The molecule has 1 saturated carbocycles. The van der Waals surface area contributed by atoms with Crippen LogP contribution >= 0.6 is 23.2 Å². The van der Waals surface area contributed by atoms with E-state index in [0.29, 0.717) is 27.2 Å². The molecule has 34 heavy (non-hydrogen) atoms. The fraction of sp³-hybridized carbons (Fsp3) is 0.444. The molecule has 1 atom stereocenters. The molecule has 0 aromatic heterocycles. The van der Waals surface area contributed by atoms with Gasteiger partial charge in [-0.2, -0.15) is 0 Å². The lowest BCUT2D eigenvalue weighted by atomic mass is 9.69. The maximum absolute atomic E-state index is 13.9. The zero-order valence-electron chi connectivity index (χ0n) is 19.9. The Kier molecular flexibility index (Phi) is 6.56. The van der Waals surface area contributed by atoms with Crippen LogP contribution in [-0.2, 0) is 4.79 Å². The van der Waals surface area contributed by atoms with E-state index in [1.165, 1.54) is 0 Å². The number of hydrogen-bond donors (Lipinski definition) is 1. The summed E-state index contributed by atoms with van der Waals surface area (Å²) in [6.45, 7) is 8.78. The van der Waals surface area contributed by atoms with E-state index in [1.807, 2.05) is 11.8 Å². The lowest BCUT2D eigenvalue weighted by molar-refractivity contribution is -0.132. The second kappa shape index (κ2) is 9.01. The largest absolute Gasteiger partial charge is 0.478 e. The summed E-state index contributed by atoms with van der Waals surface area (Å²) in [6.07, 6.45) is 3.50. The fourth-order valence-corrected chi connectivity index (χ4v) is 5.91. The van der Waals surface area contributed by atoms with Crippen molar-refractivity contribution in [3.63, 3.8) is 0 Å². The zero-order chi connectivity index (χ0) is 24.8. The lowest BCUT2D eigenvalue weighted by Gasteiger charge is -2.46. The maximum Gasteiger partial charge on any atom is 0.335 e. The Balaban J connectivity index is 1.74. The smallest absolute Gasteiger partial charge is 0.335 e. The van der Waals surface area contributed by atoms with Gasteiger partial charge in [0.15, 0.2) is 0 Å². The van der Waals surface area contributed by atoms with Gasteiger partial charge in [0.05, 0.1) is 11.6 Å². The number of benzene rings is 2. The van der Waals surface area contributed by atoms with Crippen LogP contribution in [0.5, 0.6) is 0 Å². The Morgan fingerprint density at radius 3 is 2.15 bits per heavy atom. The predicted octanol–water partition coefficient (Wildman–Crippen LogP) is 7.02. The van der Waals surface area contributed by atoms with Crippen LogP contribution in [0.4, 0.5) is 0 Å². The molecule has 2 aliphatic rings. The van der Waals surface area contributed by atoms with Crippen molar-refractivity contribution in [1.29, 1.82) is 0 Å². The van der Waals surface area contributed by atoms with E-state index in [-0.39, 0.29) is 22.9 Å². The summed E-state index contributed by atoms with van der Waals surface area (Å²) in [4.78, 5) is 32.2. The van der Waals surface area contributed by atoms with Gasteiger partial charge in [-0.05, 0) is 79.8 Å². The molecule has 1 heterocycles. The molecular formula is C27H30Cl2N2O3. The number of carboxylic acid groups (broad SMARTS) is 1. The van der Waals surface area contributed by atoms with E-state index in [1.54, 1.807) is 42.5 Å². The van der Waals surface area contributed by atoms with Crippen molar-refractivity contribution < 1.29 is 14.7 Å². The van der Waals surface area contributed by atoms with Crippen LogP contribution in [0.2, 0.25) is 10.0 Å². The number of aromatic carboxylic acids is 1. The third kappa shape index (κ3) is 4.60. The Labute approximate surface area is 210 Å². The molecule has 0 radical (unpaired) electrons. The first-order valence-electron chi connectivity index (χ1n) is 11.6. The number of aliphatic imine (C=N–C) groups is 1. The summed E-state index contributed by atoms with van der Waals surface area (Å²) in [5.74, 6) is -0.570. The van der Waals surface area contributed by atoms with Gasteiger partial charge in [0, 0.05) is 15.6 Å². The number of amides is 1. The van der Waals surface area contributed by atoms with Gasteiger partial charge in [-0.15, -0.1) is 0 Å². The number of carbonyl (C=O) groups is 2. The summed E-state index contributed by atoms with van der Waals surface area (Å²) in [5.41, 5.74) is 1.64. The van der Waals surface area contributed by atoms with Crippen LogP contribution in [0.25, 0.3) is 0 Å². The van der Waals surface area contributed by atoms with Gasteiger partial charge < -0.3 is 10.0 Å². The van der Waals surface area contributed by atoms with Crippen molar-refractivity contribution in [3.05, 3.63) is 69.2 Å². The second-order valence-corrected chi connectivity index (χ2v) is 11.4. The SMILES string of the molecule is CC(c1ccc(C(=O)O)cc1)N1C(=O)C(c2cc(Cl)cc(Cl)c2)=NC12CCC(C(C)(C)C)CC2. The minimum absolute atomic E-state index is 0.151. The average Bonchev–Trinajstić information content (AvgIpc) is 3.04. The number of hydrogen-bond acceptors (Lipinski definition) is 3. The molecule has 5 nitrogen and oxygen atoms in total. The van der Waals surface area contributed by atoms with Gasteiger partial charge in [0.1, 0.15) is 11.4 Å². The maximum atomic E-state index is 13.9. The Morgan fingerprint density at radius 1 is 1.09 bits per heavy atom. The monoisotopic (exact) mass is 500 g/mol. The minimum atomic E-state index is -0.975. The molecule has 1 amide bonds. The molecule has 1 spiro atoms. The van der Waals surface area contributed by atoms with E-state index >= 15 is 0 Å². The van der Waals surface area contributed by atoms with Crippen molar-refractivity contribution in [2.24, 2.45) is 16.3 Å². The van der Waals surface area contributed by atoms with Crippen molar-refractivity contribution in [3.8, 4) is 0 Å². The molecule has 2 aromatic carbocycles. The number of rotatable bonds is 4. The van der Waals surface area contributed by atoms with Gasteiger partial charge >= 0.3 is 5.97 Å². The van der Waals surface area contributed by atoms with Crippen LogP contribution in [0, 0.1) is 11.3 Å². The number of halogens is 2. The summed E-state index contributed by atoms with van der Waals surface area (Å²) in [6, 6.07) is 11.5. The molecule has 1 aliphatic carbocycles. The van der Waals surface area contributed by atoms with E-state index < -0.39 is 11.6 Å². The average molecular weight is 501 g/mol. The minimum Gasteiger partial charge on any atom is -0.478 e. The van der Waals surface area contributed by atoms with Crippen molar-refractivity contribution in [1.82, 2.24) is 4.90 Å². The van der Waals surface area contributed by atoms with E-state index in [4.69, 9.17) is 28.2 Å². The Morgan fingerprint density at radius 2 is 1.65 bits per heavy atom. The number of carbonyl (C=O) groups excluding carboxylic acids is 1. The third-order valence-corrected chi connectivity index (χ3v) is 7.80. The van der Waals surface area contributed by atoms with E-state index in [2.05, 4.69) is 20.8 Å². The molecule has 0 bridgehead atoms. The molecule has 7 heteroatoms. The summed E-state index contributed by atoms with van der Waals surface area (Å²) in [5, 5.41) is 10.2. The fourth-order valence-electron chi connectivity index (χ4n) is 5.38. The quantitative estimate of drug-likeness (QED) is 0.490.